The number of carbonyl (C=O) groups is 1. The van der Waals surface area contributed by atoms with Gasteiger partial charge < -0.3 is 0 Å². The van der Waals surface area contributed by atoms with Crippen LogP contribution >= 0.6 is 11.8 Å². The van der Waals surface area contributed by atoms with Crippen LogP contribution in [0.4, 0.5) is 0 Å². The molecule has 0 saturated carbocycles. The first-order valence-electron chi connectivity index (χ1n) is 6.09. The summed E-state index contributed by atoms with van der Waals surface area (Å²) in [6.07, 6.45) is 1.62. The number of benzene rings is 1. The smallest absolute Gasteiger partial charge is 0.163 e. The van der Waals surface area contributed by atoms with Gasteiger partial charge in [-0.25, -0.2) is 9.97 Å². The Labute approximate surface area is 117 Å². The molecular formula is C15H16N2OS. The molecule has 0 fully saturated rings. The zero-order valence-corrected chi connectivity index (χ0v) is 12.1. The number of hydrogen-bond donors (Lipinski definition) is 0. The predicted molar refractivity (Wildman–Crippen MR) is 77.5 cm³/mol. The summed E-state index contributed by atoms with van der Waals surface area (Å²) < 4.78 is 0. The second-order valence-corrected chi connectivity index (χ2v) is 5.50. The van der Waals surface area contributed by atoms with Gasteiger partial charge in [-0.05, 0) is 32.9 Å². The third-order valence-corrected chi connectivity index (χ3v) is 3.76. The lowest BCUT2D eigenvalue weighted by molar-refractivity contribution is 0.101. The summed E-state index contributed by atoms with van der Waals surface area (Å²) in [7, 11) is 0. The van der Waals surface area contributed by atoms with E-state index in [1.807, 2.05) is 13.0 Å². The quantitative estimate of drug-likeness (QED) is 0.630. The molecule has 0 aliphatic heterocycles. The minimum absolute atomic E-state index is 0.00962. The Morgan fingerprint density at radius 1 is 1.32 bits per heavy atom. The molecule has 0 amide bonds. The normalized spacial score (nSPS) is 10.5. The highest BCUT2D eigenvalue weighted by molar-refractivity contribution is 7.98. The molecule has 19 heavy (non-hydrogen) atoms. The van der Waals surface area contributed by atoms with E-state index in [2.05, 4.69) is 35.1 Å². The van der Waals surface area contributed by atoms with E-state index in [0.29, 0.717) is 11.3 Å². The van der Waals surface area contributed by atoms with E-state index in [1.165, 1.54) is 17.4 Å². The largest absolute Gasteiger partial charge is 0.294 e. The molecule has 1 aromatic carbocycles. The number of thioether (sulfide) groups is 1. The van der Waals surface area contributed by atoms with Gasteiger partial charge in [0.2, 0.25) is 0 Å². The van der Waals surface area contributed by atoms with Crippen LogP contribution in [0.3, 0.4) is 0 Å². The van der Waals surface area contributed by atoms with E-state index >= 15 is 0 Å². The van der Waals surface area contributed by atoms with Crippen molar-refractivity contribution in [3.05, 3.63) is 53.1 Å². The molecule has 3 nitrogen and oxygen atoms in total. The lowest BCUT2D eigenvalue weighted by Gasteiger charge is -2.05. The number of carbonyl (C=O) groups excluding carboxylic acids is 1. The van der Waals surface area contributed by atoms with Crippen molar-refractivity contribution in [1.82, 2.24) is 9.97 Å². The van der Waals surface area contributed by atoms with Crippen LogP contribution in [0.5, 0.6) is 0 Å². The Bertz CT molecular complexity index is 611. The molecule has 2 aromatic rings. The van der Waals surface area contributed by atoms with Gasteiger partial charge in [0.25, 0.3) is 0 Å². The van der Waals surface area contributed by atoms with Gasteiger partial charge in [0.1, 0.15) is 5.82 Å². The van der Waals surface area contributed by atoms with Gasteiger partial charge in [0, 0.05) is 11.1 Å². The van der Waals surface area contributed by atoms with Crippen LogP contribution in [0.15, 0.2) is 35.4 Å². The van der Waals surface area contributed by atoms with Gasteiger partial charge in [0.05, 0.1) is 17.0 Å². The lowest BCUT2D eigenvalue weighted by atomic mass is 10.2. The molecule has 4 heteroatoms. The monoisotopic (exact) mass is 272 g/mol. The topological polar surface area (TPSA) is 42.9 Å². The Balaban J connectivity index is 2.08. The van der Waals surface area contributed by atoms with Gasteiger partial charge in [-0.15, -0.1) is 11.8 Å². The van der Waals surface area contributed by atoms with E-state index in [4.69, 9.17) is 0 Å². The fourth-order valence-corrected chi connectivity index (χ4v) is 2.66. The van der Waals surface area contributed by atoms with Crippen LogP contribution in [0.1, 0.15) is 34.4 Å². The van der Waals surface area contributed by atoms with E-state index in [-0.39, 0.29) is 5.78 Å². The zero-order chi connectivity index (χ0) is 13.8. The van der Waals surface area contributed by atoms with Crippen molar-refractivity contribution in [1.29, 1.82) is 0 Å². The summed E-state index contributed by atoms with van der Waals surface area (Å²) in [6.45, 7) is 5.46. The maximum atomic E-state index is 11.3. The first kappa shape index (κ1) is 13.7. The highest BCUT2D eigenvalue weighted by Crippen LogP contribution is 2.22. The second kappa shape index (κ2) is 5.97. The SMILES string of the molecule is CC(=O)c1cnc(CSc2cccc(C)c2)nc1C. The van der Waals surface area contributed by atoms with Gasteiger partial charge in [-0.2, -0.15) is 0 Å². The van der Waals surface area contributed by atoms with E-state index in [0.717, 1.165) is 11.5 Å². The third-order valence-electron chi connectivity index (χ3n) is 2.77. The van der Waals surface area contributed by atoms with Crippen molar-refractivity contribution in [3.8, 4) is 0 Å². The predicted octanol–water partition coefficient (Wildman–Crippen LogP) is 3.59. The summed E-state index contributed by atoms with van der Waals surface area (Å²) in [4.78, 5) is 21.1. The maximum absolute atomic E-state index is 11.3. The number of rotatable bonds is 4. The summed E-state index contributed by atoms with van der Waals surface area (Å²) in [5.74, 6) is 1.48. The molecule has 0 saturated heterocycles. The first-order chi connectivity index (χ1) is 9.06. The molecular weight excluding hydrogens is 256 g/mol. The molecule has 2 rings (SSSR count). The number of Topliss-reactive ketones (excluding diaryl/α,β-unsaturated/α-hetero) is 1. The molecule has 1 heterocycles. The van der Waals surface area contributed by atoms with Gasteiger partial charge in [-0.1, -0.05) is 17.7 Å². The molecule has 98 valence electrons. The van der Waals surface area contributed by atoms with E-state index in [9.17, 15) is 4.79 Å². The average Bonchev–Trinajstić information content (AvgIpc) is 2.36. The highest BCUT2D eigenvalue weighted by atomic mass is 32.2. The van der Waals surface area contributed by atoms with Crippen LogP contribution in [-0.4, -0.2) is 15.8 Å². The highest BCUT2D eigenvalue weighted by Gasteiger charge is 2.07. The molecule has 0 aliphatic rings. The molecule has 0 atom stereocenters. The Hall–Kier alpha value is -1.68. The van der Waals surface area contributed by atoms with Crippen LogP contribution < -0.4 is 0 Å². The number of aromatic nitrogens is 2. The number of nitrogens with zero attached hydrogens (tertiary/aromatic N) is 2. The van der Waals surface area contributed by atoms with Crippen LogP contribution in [0.2, 0.25) is 0 Å². The van der Waals surface area contributed by atoms with Crippen LogP contribution in [-0.2, 0) is 5.75 Å². The summed E-state index contributed by atoms with van der Waals surface area (Å²) >= 11 is 1.70. The van der Waals surface area contributed by atoms with Crippen molar-refractivity contribution in [2.45, 2.75) is 31.4 Å². The lowest BCUT2D eigenvalue weighted by Crippen LogP contribution is -2.03. The maximum Gasteiger partial charge on any atom is 0.163 e. The molecule has 0 N–H and O–H groups in total. The van der Waals surface area contributed by atoms with Crippen molar-refractivity contribution >= 4 is 17.5 Å². The molecule has 0 radical (unpaired) electrons. The minimum atomic E-state index is 0.00962. The zero-order valence-electron chi connectivity index (χ0n) is 11.3. The Kier molecular flexibility index (Phi) is 4.32. The molecule has 0 aliphatic carbocycles. The summed E-state index contributed by atoms with van der Waals surface area (Å²) in [6, 6.07) is 8.34. The number of hydrogen-bond acceptors (Lipinski definition) is 4. The summed E-state index contributed by atoms with van der Waals surface area (Å²) in [5.41, 5.74) is 2.60. The second-order valence-electron chi connectivity index (χ2n) is 4.45. The van der Waals surface area contributed by atoms with Crippen molar-refractivity contribution < 1.29 is 4.79 Å². The van der Waals surface area contributed by atoms with Gasteiger partial charge >= 0.3 is 0 Å². The van der Waals surface area contributed by atoms with Crippen LogP contribution in [0.25, 0.3) is 0 Å². The standard InChI is InChI=1S/C15H16N2OS/c1-10-5-4-6-13(7-10)19-9-15-16-8-14(12(3)18)11(2)17-15/h4-8H,9H2,1-3H3. The molecule has 1 aromatic heterocycles. The number of aryl methyl sites for hydroxylation is 2. The van der Waals surface area contributed by atoms with Crippen LogP contribution in [0, 0.1) is 13.8 Å². The third kappa shape index (κ3) is 3.64. The van der Waals surface area contributed by atoms with Gasteiger partial charge in [0.15, 0.2) is 5.78 Å². The summed E-state index contributed by atoms with van der Waals surface area (Å²) in [5, 5.41) is 0. The molecule has 0 bridgehead atoms. The average molecular weight is 272 g/mol. The fraction of sp³-hybridized carbons (Fsp3) is 0.267. The van der Waals surface area contributed by atoms with E-state index in [1.54, 1.807) is 18.0 Å². The Morgan fingerprint density at radius 2 is 2.11 bits per heavy atom. The minimum Gasteiger partial charge on any atom is -0.294 e. The van der Waals surface area contributed by atoms with Gasteiger partial charge in [-0.3, -0.25) is 4.79 Å². The van der Waals surface area contributed by atoms with Crippen molar-refractivity contribution in [2.75, 3.05) is 0 Å². The number of ketones is 1. The van der Waals surface area contributed by atoms with Crippen molar-refractivity contribution in [2.24, 2.45) is 0 Å². The first-order valence-corrected chi connectivity index (χ1v) is 7.08. The van der Waals surface area contributed by atoms with Crippen molar-refractivity contribution in [3.63, 3.8) is 0 Å². The fourth-order valence-electron chi connectivity index (χ4n) is 1.78. The molecule has 0 spiro atoms. The van der Waals surface area contributed by atoms with E-state index < -0.39 is 0 Å². The molecule has 0 unspecified atom stereocenters. The Morgan fingerprint density at radius 3 is 2.74 bits per heavy atom.